The quantitative estimate of drug-likeness (QED) is 0.721. The highest BCUT2D eigenvalue weighted by molar-refractivity contribution is 6.11. The first-order chi connectivity index (χ1) is 14.3. The van der Waals surface area contributed by atoms with Crippen molar-refractivity contribution in [3.05, 3.63) is 42.2 Å². The summed E-state index contributed by atoms with van der Waals surface area (Å²) in [6.07, 6.45) is 1.46. The normalized spacial score (nSPS) is 28.4. The molecule has 0 saturated carbocycles. The van der Waals surface area contributed by atoms with Crippen molar-refractivity contribution >= 4 is 28.4 Å². The monoisotopic (exact) mass is 415 g/mol. The van der Waals surface area contributed by atoms with E-state index in [-0.39, 0.29) is 18.8 Å². The van der Waals surface area contributed by atoms with E-state index >= 15 is 0 Å². The van der Waals surface area contributed by atoms with Crippen molar-refractivity contribution in [1.29, 1.82) is 0 Å². The zero-order chi connectivity index (χ0) is 21.5. The van der Waals surface area contributed by atoms with E-state index < -0.39 is 36.0 Å². The van der Waals surface area contributed by atoms with Gasteiger partial charge in [-0.2, -0.15) is 0 Å². The van der Waals surface area contributed by atoms with Crippen LogP contribution in [0.25, 0.3) is 10.8 Å². The molecule has 4 rings (SSSR count). The third kappa shape index (κ3) is 3.19. The Hall–Kier alpha value is -3.07. The molecule has 0 spiro atoms. The minimum atomic E-state index is -2.38. The van der Waals surface area contributed by atoms with Gasteiger partial charge in [0.05, 0.1) is 12.1 Å². The van der Waals surface area contributed by atoms with Crippen molar-refractivity contribution in [3.8, 4) is 0 Å². The highest BCUT2D eigenvalue weighted by atomic mass is 19.1. The van der Waals surface area contributed by atoms with Crippen LogP contribution in [0.2, 0.25) is 0 Å². The number of amides is 1. The first-order valence-electron chi connectivity index (χ1n) is 9.69. The van der Waals surface area contributed by atoms with Gasteiger partial charge >= 0.3 is 5.97 Å². The van der Waals surface area contributed by atoms with Crippen molar-refractivity contribution in [1.82, 2.24) is 10.3 Å². The zero-order valence-corrected chi connectivity index (χ0v) is 16.6. The Labute approximate surface area is 172 Å². The van der Waals surface area contributed by atoms with E-state index in [1.165, 1.54) is 0 Å². The van der Waals surface area contributed by atoms with E-state index in [0.29, 0.717) is 11.4 Å². The molecule has 2 aliphatic heterocycles. The largest absolute Gasteiger partial charge is 0.428 e. The molecule has 1 fully saturated rings. The Morgan fingerprint density at radius 3 is 2.87 bits per heavy atom. The van der Waals surface area contributed by atoms with Crippen molar-refractivity contribution in [2.45, 2.75) is 44.1 Å². The number of cyclic esters (lactones) is 1. The van der Waals surface area contributed by atoms with E-state index in [1.807, 2.05) is 30.3 Å². The fourth-order valence-electron chi connectivity index (χ4n) is 3.82. The van der Waals surface area contributed by atoms with Crippen LogP contribution >= 0.6 is 0 Å². The van der Waals surface area contributed by atoms with Crippen LogP contribution in [0, 0.1) is 5.92 Å². The Kier molecular flexibility index (Phi) is 4.93. The number of oxime groups is 1. The van der Waals surface area contributed by atoms with Gasteiger partial charge < -0.3 is 20.0 Å². The number of carbonyl (C=O) groups is 2. The summed E-state index contributed by atoms with van der Waals surface area (Å²) >= 11 is 0. The molecule has 1 saturated heterocycles. The Morgan fingerprint density at radius 1 is 1.37 bits per heavy atom. The van der Waals surface area contributed by atoms with Gasteiger partial charge in [-0.05, 0) is 11.5 Å². The second-order valence-electron chi connectivity index (χ2n) is 7.91. The molecule has 0 bridgehead atoms. The molecule has 1 aromatic carbocycles. The van der Waals surface area contributed by atoms with Gasteiger partial charge in [0.25, 0.3) is 11.7 Å². The van der Waals surface area contributed by atoms with Crippen LogP contribution in [0.5, 0.6) is 0 Å². The molecule has 2 aromatic rings. The molecule has 1 amide bonds. The Bertz CT molecular complexity index is 1040. The predicted molar refractivity (Wildman–Crippen MR) is 105 cm³/mol. The SMILES string of the molecule is CC(C)C1(C(=O)N[C@H]2CC(=O)O[C@]2(O)CF)CC(c2nccc3ccccc23)=NO1. The summed E-state index contributed by atoms with van der Waals surface area (Å²) in [5.41, 5.74) is -0.269. The third-order valence-electron chi connectivity index (χ3n) is 5.72. The van der Waals surface area contributed by atoms with Crippen molar-refractivity contribution in [2.75, 3.05) is 6.67 Å². The van der Waals surface area contributed by atoms with E-state index in [0.717, 1.165) is 10.8 Å². The van der Waals surface area contributed by atoms with Crippen LogP contribution in [0.15, 0.2) is 41.7 Å². The van der Waals surface area contributed by atoms with Gasteiger partial charge in [0.15, 0.2) is 6.67 Å². The third-order valence-corrected chi connectivity index (χ3v) is 5.72. The minimum Gasteiger partial charge on any atom is -0.428 e. The highest BCUT2D eigenvalue weighted by Gasteiger charge is 2.55. The number of hydrogen-bond donors (Lipinski definition) is 2. The lowest BCUT2D eigenvalue weighted by molar-refractivity contribution is -0.202. The fourth-order valence-corrected chi connectivity index (χ4v) is 3.82. The number of hydrogen-bond acceptors (Lipinski definition) is 7. The fraction of sp³-hybridized carbons (Fsp3) is 0.429. The number of halogens is 1. The molecule has 8 nitrogen and oxygen atoms in total. The topological polar surface area (TPSA) is 110 Å². The molecule has 2 aliphatic rings. The van der Waals surface area contributed by atoms with E-state index in [2.05, 4.69) is 20.2 Å². The van der Waals surface area contributed by atoms with Crippen LogP contribution in [-0.4, -0.2) is 51.8 Å². The van der Waals surface area contributed by atoms with Crippen LogP contribution < -0.4 is 5.32 Å². The number of pyridine rings is 1. The van der Waals surface area contributed by atoms with Gasteiger partial charge in [-0.1, -0.05) is 43.3 Å². The summed E-state index contributed by atoms with van der Waals surface area (Å²) in [6, 6.07) is 8.34. The molecule has 2 N–H and O–H groups in total. The van der Waals surface area contributed by atoms with Gasteiger partial charge in [0.1, 0.15) is 11.8 Å². The molecule has 30 heavy (non-hydrogen) atoms. The maximum absolute atomic E-state index is 13.3. The van der Waals surface area contributed by atoms with Crippen LogP contribution in [0.1, 0.15) is 32.4 Å². The molecule has 1 aromatic heterocycles. The van der Waals surface area contributed by atoms with E-state index in [9.17, 15) is 19.1 Å². The lowest BCUT2D eigenvalue weighted by atomic mass is 9.83. The summed E-state index contributed by atoms with van der Waals surface area (Å²) < 4.78 is 17.9. The van der Waals surface area contributed by atoms with Crippen molar-refractivity contribution in [3.63, 3.8) is 0 Å². The number of aliphatic hydroxyl groups is 1. The number of rotatable bonds is 5. The lowest BCUT2D eigenvalue weighted by Gasteiger charge is -2.32. The van der Waals surface area contributed by atoms with E-state index in [1.54, 1.807) is 20.0 Å². The molecule has 3 atom stereocenters. The van der Waals surface area contributed by atoms with Gasteiger partial charge in [-0.3, -0.25) is 14.6 Å². The van der Waals surface area contributed by atoms with Gasteiger partial charge in [-0.25, -0.2) is 4.39 Å². The van der Waals surface area contributed by atoms with Crippen molar-refractivity contribution in [2.24, 2.45) is 11.1 Å². The number of nitrogens with zero attached hydrogens (tertiary/aromatic N) is 2. The average Bonchev–Trinajstić information content (AvgIpc) is 3.30. The molecular formula is C21H22FN3O5. The summed E-state index contributed by atoms with van der Waals surface area (Å²) in [5, 5.41) is 18.7. The number of carbonyl (C=O) groups excluding carboxylic acids is 2. The zero-order valence-electron chi connectivity index (χ0n) is 16.6. The second kappa shape index (κ2) is 7.32. The van der Waals surface area contributed by atoms with Gasteiger partial charge in [0, 0.05) is 23.9 Å². The summed E-state index contributed by atoms with van der Waals surface area (Å²) in [5.74, 6) is -4.09. The maximum Gasteiger partial charge on any atom is 0.310 e. The Balaban J connectivity index is 1.61. The van der Waals surface area contributed by atoms with Gasteiger partial charge in [-0.15, -0.1) is 0 Å². The van der Waals surface area contributed by atoms with Crippen LogP contribution in [0.4, 0.5) is 4.39 Å². The number of nitrogens with one attached hydrogen (secondary N) is 1. The smallest absolute Gasteiger partial charge is 0.310 e. The number of ether oxygens (including phenoxy) is 1. The number of fused-ring (bicyclic) bond motifs is 1. The number of benzene rings is 1. The Morgan fingerprint density at radius 2 is 2.13 bits per heavy atom. The summed E-state index contributed by atoms with van der Waals surface area (Å²) in [7, 11) is 0. The van der Waals surface area contributed by atoms with Crippen LogP contribution in [-0.2, 0) is 19.2 Å². The standard InChI is InChI=1S/C21H22FN3O5/c1-12(2)20(19(27)24-16-9-17(26)29-21(16,28)11-22)10-15(25-30-20)18-14-6-4-3-5-13(14)7-8-23-18/h3-8,12,16,28H,9-11H2,1-2H3,(H,24,27)/t16-,20?,21+/m0/s1. The molecule has 1 unspecified atom stereocenters. The lowest BCUT2D eigenvalue weighted by Crippen LogP contribution is -2.58. The molecule has 158 valence electrons. The first kappa shape index (κ1) is 20.2. The van der Waals surface area contributed by atoms with Crippen LogP contribution in [0.3, 0.4) is 0 Å². The number of alkyl halides is 1. The number of esters is 1. The number of aromatic nitrogens is 1. The second-order valence-corrected chi connectivity index (χ2v) is 7.91. The average molecular weight is 415 g/mol. The molecule has 9 heteroatoms. The van der Waals surface area contributed by atoms with E-state index in [4.69, 9.17) is 4.84 Å². The molecule has 0 radical (unpaired) electrons. The van der Waals surface area contributed by atoms with Crippen molar-refractivity contribution < 1.29 is 28.7 Å². The minimum absolute atomic E-state index is 0.132. The molecular weight excluding hydrogens is 393 g/mol. The van der Waals surface area contributed by atoms with Gasteiger partial charge in [0.2, 0.25) is 5.60 Å². The highest BCUT2D eigenvalue weighted by Crippen LogP contribution is 2.36. The summed E-state index contributed by atoms with van der Waals surface area (Å²) in [4.78, 5) is 34.8. The summed E-state index contributed by atoms with van der Waals surface area (Å²) in [6.45, 7) is 2.26. The predicted octanol–water partition coefficient (Wildman–Crippen LogP) is 1.84. The first-order valence-corrected chi connectivity index (χ1v) is 9.69. The molecule has 0 aliphatic carbocycles. The molecule has 3 heterocycles. The maximum atomic E-state index is 13.3.